The maximum Gasteiger partial charge on any atom is 0.254 e. The Balaban J connectivity index is 1.60. The van der Waals surface area contributed by atoms with Gasteiger partial charge < -0.3 is 10.1 Å². The Hall–Kier alpha value is -2.34. The first-order valence-electron chi connectivity index (χ1n) is 8.57. The van der Waals surface area contributed by atoms with Gasteiger partial charge in [0.05, 0.1) is 10.7 Å². The first-order valence-corrected chi connectivity index (χ1v) is 9.33. The summed E-state index contributed by atoms with van der Waals surface area (Å²) in [5, 5.41) is 10.5. The maximum absolute atomic E-state index is 12.5. The number of aromatic nitrogens is 2. The molecule has 0 fully saturated rings. The summed E-state index contributed by atoms with van der Waals surface area (Å²) in [6.45, 7) is 2.01. The monoisotopic (exact) mass is 401 g/mol. The summed E-state index contributed by atoms with van der Waals surface area (Å²) in [5.41, 5.74) is 3.27. The van der Waals surface area contributed by atoms with E-state index in [1.807, 2.05) is 18.2 Å². The molecular formula is C20H17Cl2N3O2. The van der Waals surface area contributed by atoms with E-state index in [1.165, 1.54) is 0 Å². The number of hydrogen-bond donors (Lipinski definition) is 2. The highest BCUT2D eigenvalue weighted by Gasteiger charge is 2.21. The number of phenolic OH excluding ortho intramolecular Hbond substituents is 1. The zero-order chi connectivity index (χ0) is 19.0. The van der Waals surface area contributed by atoms with Crippen molar-refractivity contribution in [1.29, 1.82) is 0 Å². The summed E-state index contributed by atoms with van der Waals surface area (Å²) >= 11 is 11.9. The highest BCUT2D eigenvalue weighted by atomic mass is 35.5. The van der Waals surface area contributed by atoms with E-state index in [2.05, 4.69) is 9.88 Å². The summed E-state index contributed by atoms with van der Waals surface area (Å²) in [4.78, 5) is 22.3. The van der Waals surface area contributed by atoms with Gasteiger partial charge in [-0.25, -0.2) is 4.98 Å². The third-order valence-electron chi connectivity index (χ3n) is 4.69. The van der Waals surface area contributed by atoms with Crippen LogP contribution in [0.1, 0.15) is 16.8 Å². The fourth-order valence-corrected chi connectivity index (χ4v) is 3.61. The van der Waals surface area contributed by atoms with Gasteiger partial charge in [-0.2, -0.15) is 0 Å². The second kappa shape index (κ2) is 7.35. The van der Waals surface area contributed by atoms with E-state index in [-0.39, 0.29) is 11.3 Å². The molecule has 7 heteroatoms. The molecule has 1 aliphatic heterocycles. The third-order valence-corrected chi connectivity index (χ3v) is 5.24. The lowest BCUT2D eigenvalue weighted by Crippen LogP contribution is -2.35. The van der Waals surface area contributed by atoms with E-state index in [4.69, 9.17) is 28.2 Å². The Kier molecular flexibility index (Phi) is 4.91. The molecule has 0 radical (unpaired) electrons. The molecule has 2 N–H and O–H groups in total. The first-order chi connectivity index (χ1) is 13.0. The van der Waals surface area contributed by atoms with Crippen LogP contribution >= 0.6 is 23.2 Å². The number of benzene rings is 2. The van der Waals surface area contributed by atoms with Gasteiger partial charge in [0.1, 0.15) is 11.6 Å². The highest BCUT2D eigenvalue weighted by Crippen LogP contribution is 2.26. The van der Waals surface area contributed by atoms with Crippen LogP contribution < -0.4 is 5.56 Å². The number of nitrogens with zero attached hydrogens (tertiary/aromatic N) is 2. The number of H-pyrrole nitrogens is 1. The van der Waals surface area contributed by atoms with Crippen LogP contribution in [0.25, 0.3) is 11.4 Å². The van der Waals surface area contributed by atoms with Gasteiger partial charge in [0.25, 0.3) is 5.56 Å². The van der Waals surface area contributed by atoms with E-state index < -0.39 is 0 Å². The van der Waals surface area contributed by atoms with Crippen LogP contribution in [0.3, 0.4) is 0 Å². The summed E-state index contributed by atoms with van der Waals surface area (Å²) in [5.74, 6) is 0.621. The highest BCUT2D eigenvalue weighted by molar-refractivity contribution is 6.32. The van der Waals surface area contributed by atoms with Crippen LogP contribution in [0.4, 0.5) is 0 Å². The third kappa shape index (κ3) is 3.86. The molecule has 1 aliphatic rings. The minimum atomic E-state index is -0.0859. The molecule has 0 spiro atoms. The molecule has 1 aromatic heterocycles. The number of nitrogens with one attached hydrogen (secondary N) is 1. The Morgan fingerprint density at radius 1 is 1.15 bits per heavy atom. The number of rotatable bonds is 3. The lowest BCUT2D eigenvalue weighted by molar-refractivity contribution is 0.240. The molecule has 2 aromatic carbocycles. The lowest BCUT2D eigenvalue weighted by atomic mass is 10.0. The van der Waals surface area contributed by atoms with Crippen LogP contribution in [-0.2, 0) is 19.5 Å². The quantitative estimate of drug-likeness (QED) is 0.695. The van der Waals surface area contributed by atoms with E-state index in [0.29, 0.717) is 35.4 Å². The largest absolute Gasteiger partial charge is 0.506 e. The molecule has 0 saturated heterocycles. The van der Waals surface area contributed by atoms with Gasteiger partial charge in [0.2, 0.25) is 0 Å². The van der Waals surface area contributed by atoms with Crippen molar-refractivity contribution >= 4 is 23.2 Å². The summed E-state index contributed by atoms with van der Waals surface area (Å²) in [7, 11) is 0. The van der Waals surface area contributed by atoms with Crippen molar-refractivity contribution in [2.24, 2.45) is 0 Å². The Morgan fingerprint density at radius 3 is 2.67 bits per heavy atom. The Labute approximate surface area is 166 Å². The minimum Gasteiger partial charge on any atom is -0.506 e. The van der Waals surface area contributed by atoms with Gasteiger partial charge >= 0.3 is 0 Å². The van der Waals surface area contributed by atoms with Gasteiger partial charge in [0, 0.05) is 35.8 Å². The van der Waals surface area contributed by atoms with Crippen molar-refractivity contribution in [3.8, 4) is 17.1 Å². The predicted molar refractivity (Wildman–Crippen MR) is 106 cm³/mol. The van der Waals surface area contributed by atoms with Crippen molar-refractivity contribution in [1.82, 2.24) is 14.9 Å². The van der Waals surface area contributed by atoms with E-state index in [0.717, 1.165) is 28.9 Å². The second-order valence-electron chi connectivity index (χ2n) is 6.59. The molecule has 0 unspecified atom stereocenters. The van der Waals surface area contributed by atoms with Crippen molar-refractivity contribution in [2.45, 2.75) is 19.5 Å². The first kappa shape index (κ1) is 18.0. The zero-order valence-corrected chi connectivity index (χ0v) is 15.9. The summed E-state index contributed by atoms with van der Waals surface area (Å²) in [6, 6.07) is 12.4. The Morgan fingerprint density at radius 2 is 1.93 bits per heavy atom. The lowest BCUT2D eigenvalue weighted by Gasteiger charge is -2.27. The molecule has 2 heterocycles. The number of fused-ring (bicyclic) bond motifs is 1. The number of aromatic hydroxyl groups is 1. The van der Waals surface area contributed by atoms with Crippen LogP contribution in [0.5, 0.6) is 5.75 Å². The smallest absolute Gasteiger partial charge is 0.254 e. The van der Waals surface area contributed by atoms with E-state index in [9.17, 15) is 9.90 Å². The molecule has 138 valence electrons. The van der Waals surface area contributed by atoms with Crippen molar-refractivity contribution in [2.75, 3.05) is 6.54 Å². The normalized spacial score (nSPS) is 14.1. The SMILES string of the molecule is O=c1[nH]c(-c2ccc(Cl)cc2)nc2c1CCN(Cc1ccc(O)c(Cl)c1)C2. The van der Waals surface area contributed by atoms with Crippen LogP contribution in [0.15, 0.2) is 47.3 Å². The molecule has 27 heavy (non-hydrogen) atoms. The van der Waals surface area contributed by atoms with Crippen molar-refractivity contribution in [3.05, 3.63) is 79.7 Å². The molecule has 3 aromatic rings. The molecule has 0 amide bonds. The predicted octanol–water partition coefficient (Wildman–Crippen LogP) is 4.01. The van der Waals surface area contributed by atoms with Crippen molar-refractivity contribution < 1.29 is 5.11 Å². The average Bonchev–Trinajstić information content (AvgIpc) is 2.65. The molecule has 4 rings (SSSR count). The van der Waals surface area contributed by atoms with Crippen LogP contribution in [0, 0.1) is 0 Å². The Bertz CT molecular complexity index is 1050. The minimum absolute atomic E-state index is 0.0743. The average molecular weight is 402 g/mol. The fourth-order valence-electron chi connectivity index (χ4n) is 3.28. The molecule has 0 bridgehead atoms. The van der Waals surface area contributed by atoms with Gasteiger partial charge in [-0.3, -0.25) is 9.69 Å². The van der Waals surface area contributed by atoms with Gasteiger partial charge in [-0.1, -0.05) is 29.3 Å². The second-order valence-corrected chi connectivity index (χ2v) is 7.44. The van der Waals surface area contributed by atoms with Crippen LogP contribution in [0.2, 0.25) is 10.0 Å². The molecule has 5 nitrogen and oxygen atoms in total. The van der Waals surface area contributed by atoms with Gasteiger partial charge in [0.15, 0.2) is 0 Å². The zero-order valence-electron chi connectivity index (χ0n) is 14.4. The van der Waals surface area contributed by atoms with E-state index in [1.54, 1.807) is 24.3 Å². The maximum atomic E-state index is 12.5. The number of halogens is 2. The molecule has 0 saturated carbocycles. The number of phenols is 1. The summed E-state index contributed by atoms with van der Waals surface area (Å²) in [6.07, 6.45) is 0.643. The van der Waals surface area contributed by atoms with E-state index >= 15 is 0 Å². The van der Waals surface area contributed by atoms with Crippen LogP contribution in [-0.4, -0.2) is 26.5 Å². The van der Waals surface area contributed by atoms with Crippen molar-refractivity contribution in [3.63, 3.8) is 0 Å². The standard InChI is InChI=1S/C20H17Cl2N3O2/c21-14-4-2-13(3-5-14)19-23-17-11-25(8-7-15(17)20(27)24-19)10-12-1-6-18(26)16(22)9-12/h1-6,9,26H,7-8,10-11H2,(H,23,24,27). The molecule has 0 atom stereocenters. The number of aromatic amines is 1. The molecule has 0 aliphatic carbocycles. The summed E-state index contributed by atoms with van der Waals surface area (Å²) < 4.78 is 0. The fraction of sp³-hybridized carbons (Fsp3) is 0.200. The molecular weight excluding hydrogens is 385 g/mol. The van der Waals surface area contributed by atoms with Gasteiger partial charge in [-0.05, 0) is 48.4 Å². The number of hydrogen-bond acceptors (Lipinski definition) is 4. The topological polar surface area (TPSA) is 69.2 Å². The van der Waals surface area contributed by atoms with Gasteiger partial charge in [-0.15, -0.1) is 0 Å².